The quantitative estimate of drug-likeness (QED) is 0.316. The van der Waals surface area contributed by atoms with Crippen molar-refractivity contribution in [2.45, 2.75) is 6.92 Å². The molecule has 10 nitrogen and oxygen atoms in total. The van der Waals surface area contributed by atoms with Gasteiger partial charge in [-0.1, -0.05) is 24.3 Å². The smallest absolute Gasteiger partial charge is 0.250 e. The average molecular weight is 429 g/mol. The Labute approximate surface area is 184 Å². The minimum absolute atomic E-state index is 0.340. The summed E-state index contributed by atoms with van der Waals surface area (Å²) in [4.78, 5) is 23.3. The largest absolute Gasteiger partial charge is 0.378 e. The molecule has 10 heteroatoms. The first kappa shape index (κ1) is 19.9. The Bertz CT molecular complexity index is 1230. The Morgan fingerprint density at radius 2 is 1.91 bits per heavy atom. The highest BCUT2D eigenvalue weighted by Gasteiger charge is 2.17. The zero-order valence-corrected chi connectivity index (χ0v) is 17.6. The summed E-state index contributed by atoms with van der Waals surface area (Å²) in [5.74, 6) is 1.94. The van der Waals surface area contributed by atoms with Crippen molar-refractivity contribution in [1.29, 1.82) is 0 Å². The first-order valence-corrected chi connectivity index (χ1v) is 10.4. The van der Waals surface area contributed by atoms with Crippen molar-refractivity contribution in [2.24, 2.45) is 5.10 Å². The fourth-order valence-corrected chi connectivity index (χ4v) is 3.39. The van der Waals surface area contributed by atoms with E-state index in [0.29, 0.717) is 50.0 Å². The minimum Gasteiger partial charge on any atom is -0.378 e. The van der Waals surface area contributed by atoms with Gasteiger partial charge in [-0.15, -0.1) is 0 Å². The number of aromatic nitrogens is 5. The molecule has 3 N–H and O–H groups in total. The summed E-state index contributed by atoms with van der Waals surface area (Å²) in [6, 6.07) is 11.9. The van der Waals surface area contributed by atoms with Gasteiger partial charge >= 0.3 is 0 Å². The van der Waals surface area contributed by atoms with Crippen molar-refractivity contribution in [3.63, 3.8) is 0 Å². The van der Waals surface area contributed by atoms with Crippen LogP contribution in [0.3, 0.4) is 0 Å². The third-order valence-electron chi connectivity index (χ3n) is 5.06. The lowest BCUT2D eigenvalue weighted by atomic mass is 10.2. The Hall–Kier alpha value is -4.05. The number of hydrazone groups is 1. The van der Waals surface area contributed by atoms with E-state index in [1.54, 1.807) is 12.4 Å². The maximum atomic E-state index is 5.45. The summed E-state index contributed by atoms with van der Waals surface area (Å²) in [6.07, 6.45) is 5.45. The van der Waals surface area contributed by atoms with Crippen molar-refractivity contribution < 1.29 is 4.74 Å². The van der Waals surface area contributed by atoms with Crippen LogP contribution in [-0.4, -0.2) is 57.4 Å². The van der Waals surface area contributed by atoms with E-state index in [4.69, 9.17) is 4.74 Å². The summed E-state index contributed by atoms with van der Waals surface area (Å²) < 4.78 is 5.45. The number of benzene rings is 1. The molecule has 4 aromatic rings. The van der Waals surface area contributed by atoms with Crippen molar-refractivity contribution >= 4 is 40.8 Å². The molecule has 0 bridgehead atoms. The molecule has 0 aliphatic carbocycles. The fourth-order valence-electron chi connectivity index (χ4n) is 3.39. The third-order valence-corrected chi connectivity index (χ3v) is 5.06. The molecule has 32 heavy (non-hydrogen) atoms. The topological polar surface area (TPSA) is 116 Å². The van der Waals surface area contributed by atoms with E-state index in [1.807, 2.05) is 49.5 Å². The van der Waals surface area contributed by atoms with Crippen LogP contribution in [0.25, 0.3) is 10.9 Å². The number of nitrogens with one attached hydrogen (secondary N) is 3. The summed E-state index contributed by atoms with van der Waals surface area (Å²) in [6.45, 7) is 4.68. The second-order valence-electron chi connectivity index (χ2n) is 7.39. The number of anilines is 4. The molecule has 0 atom stereocenters. The molecule has 0 spiro atoms. The zero-order chi connectivity index (χ0) is 21.8. The highest BCUT2D eigenvalue weighted by molar-refractivity contribution is 5.99. The molecule has 0 amide bonds. The van der Waals surface area contributed by atoms with Gasteiger partial charge in [0.1, 0.15) is 5.82 Å². The minimum atomic E-state index is 0.340. The highest BCUT2D eigenvalue weighted by Crippen LogP contribution is 2.19. The van der Waals surface area contributed by atoms with E-state index in [0.717, 1.165) is 22.0 Å². The van der Waals surface area contributed by atoms with Crippen LogP contribution in [0.2, 0.25) is 0 Å². The molecule has 0 saturated carbocycles. The van der Waals surface area contributed by atoms with Crippen LogP contribution in [0.1, 0.15) is 11.1 Å². The van der Waals surface area contributed by atoms with Crippen LogP contribution in [0.5, 0.6) is 0 Å². The first-order chi connectivity index (χ1) is 15.7. The van der Waals surface area contributed by atoms with Gasteiger partial charge in [-0.05, 0) is 24.6 Å². The Kier molecular flexibility index (Phi) is 5.58. The van der Waals surface area contributed by atoms with E-state index < -0.39 is 0 Å². The van der Waals surface area contributed by atoms with Crippen molar-refractivity contribution in [3.05, 3.63) is 59.9 Å². The predicted octanol–water partition coefficient (Wildman–Crippen LogP) is 3.08. The number of fused-ring (bicyclic) bond motifs is 1. The summed E-state index contributed by atoms with van der Waals surface area (Å²) in [5, 5.41) is 8.59. The predicted molar refractivity (Wildman–Crippen MR) is 125 cm³/mol. The number of hydrogen-bond acceptors (Lipinski definition) is 9. The molecule has 0 radical (unpaired) electrons. The number of aryl methyl sites for hydroxylation is 1. The second-order valence-corrected chi connectivity index (χ2v) is 7.39. The molecule has 162 valence electrons. The molecule has 1 fully saturated rings. The molecule has 5 rings (SSSR count). The molecule has 1 aliphatic rings. The van der Waals surface area contributed by atoms with Gasteiger partial charge in [-0.2, -0.15) is 20.1 Å². The summed E-state index contributed by atoms with van der Waals surface area (Å²) in [5.41, 5.74) is 6.04. The Balaban J connectivity index is 1.40. The maximum Gasteiger partial charge on any atom is 0.250 e. The number of pyridine rings is 1. The monoisotopic (exact) mass is 429 g/mol. The second kappa shape index (κ2) is 8.98. The first-order valence-electron chi connectivity index (χ1n) is 10.4. The van der Waals surface area contributed by atoms with Gasteiger partial charge in [0.2, 0.25) is 17.8 Å². The number of para-hydroxylation sites is 1. The molecule has 3 aromatic heterocycles. The average Bonchev–Trinajstić information content (AvgIpc) is 3.24. The van der Waals surface area contributed by atoms with Gasteiger partial charge in [-0.3, -0.25) is 0 Å². The maximum absolute atomic E-state index is 5.45. The van der Waals surface area contributed by atoms with E-state index in [-0.39, 0.29) is 0 Å². The van der Waals surface area contributed by atoms with Gasteiger partial charge in [-0.25, -0.2) is 10.4 Å². The fraction of sp³-hybridized carbons (Fsp3) is 0.227. The summed E-state index contributed by atoms with van der Waals surface area (Å²) >= 11 is 0. The van der Waals surface area contributed by atoms with Crippen LogP contribution in [0, 0.1) is 6.92 Å². The van der Waals surface area contributed by atoms with Gasteiger partial charge in [0, 0.05) is 41.9 Å². The third kappa shape index (κ3) is 4.49. The normalized spacial score (nSPS) is 14.2. The van der Waals surface area contributed by atoms with Crippen molar-refractivity contribution in [3.8, 4) is 0 Å². The Morgan fingerprint density at radius 3 is 2.75 bits per heavy atom. The molecular formula is C22H23N9O. The van der Waals surface area contributed by atoms with E-state index in [1.165, 1.54) is 0 Å². The zero-order valence-electron chi connectivity index (χ0n) is 17.6. The highest BCUT2D eigenvalue weighted by atomic mass is 16.5. The Morgan fingerprint density at radius 1 is 1.06 bits per heavy atom. The van der Waals surface area contributed by atoms with Crippen LogP contribution in [0.4, 0.5) is 23.7 Å². The van der Waals surface area contributed by atoms with E-state index in [9.17, 15) is 0 Å². The number of nitrogens with zero attached hydrogens (tertiary/aromatic N) is 6. The SMILES string of the molecule is Cc1ccc(Nc2nc(N/N=C/c3c[nH]c4ccccc34)nc(N3CCOCC3)n2)nc1. The number of ether oxygens (including phenoxy) is 1. The molecule has 1 aromatic carbocycles. The lowest BCUT2D eigenvalue weighted by molar-refractivity contribution is 0.122. The molecule has 0 unspecified atom stereocenters. The van der Waals surface area contributed by atoms with E-state index >= 15 is 0 Å². The van der Waals surface area contributed by atoms with E-state index in [2.05, 4.69) is 45.7 Å². The van der Waals surface area contributed by atoms with Gasteiger partial charge in [0.15, 0.2) is 0 Å². The lowest BCUT2D eigenvalue weighted by Crippen LogP contribution is -2.37. The van der Waals surface area contributed by atoms with Crippen LogP contribution < -0.4 is 15.6 Å². The summed E-state index contributed by atoms with van der Waals surface area (Å²) in [7, 11) is 0. The number of H-pyrrole nitrogens is 1. The van der Waals surface area contributed by atoms with Gasteiger partial charge in [0.25, 0.3) is 0 Å². The molecule has 1 aliphatic heterocycles. The van der Waals surface area contributed by atoms with Crippen molar-refractivity contribution in [2.75, 3.05) is 41.9 Å². The van der Waals surface area contributed by atoms with Crippen LogP contribution in [0.15, 0.2) is 53.9 Å². The number of rotatable bonds is 6. The molecule has 4 heterocycles. The number of morpholine rings is 1. The van der Waals surface area contributed by atoms with Crippen LogP contribution in [-0.2, 0) is 4.74 Å². The molecule has 1 saturated heterocycles. The standard InChI is InChI=1S/C22H23N9O/c1-15-6-7-19(24-12-15)26-20-27-21(29-22(28-20)31-8-10-32-11-9-31)30-25-14-16-13-23-18-5-3-2-4-17(16)18/h2-7,12-14,23H,8-11H2,1H3,(H2,24,26,27,28,29,30)/b25-14+. The molecular weight excluding hydrogens is 406 g/mol. The van der Waals surface area contributed by atoms with Gasteiger partial charge in [0.05, 0.1) is 19.4 Å². The lowest BCUT2D eigenvalue weighted by Gasteiger charge is -2.27. The van der Waals surface area contributed by atoms with Gasteiger partial charge < -0.3 is 19.9 Å². The number of hydrogen-bond donors (Lipinski definition) is 3. The number of aromatic amines is 1. The van der Waals surface area contributed by atoms with Crippen LogP contribution >= 0.6 is 0 Å². The van der Waals surface area contributed by atoms with Crippen molar-refractivity contribution in [1.82, 2.24) is 24.9 Å².